The summed E-state index contributed by atoms with van der Waals surface area (Å²) in [6.45, 7) is 8.21. The highest BCUT2D eigenvalue weighted by atomic mass is 32.1. The molecule has 0 radical (unpaired) electrons. The van der Waals surface area contributed by atoms with Crippen LogP contribution in [0, 0.1) is 0 Å². The molecule has 4 rings (SSSR count). The van der Waals surface area contributed by atoms with Crippen LogP contribution in [-0.4, -0.2) is 7.05 Å². The molecule has 3 aromatic rings. The molecule has 0 spiro atoms. The van der Waals surface area contributed by atoms with Gasteiger partial charge in [0.1, 0.15) is 0 Å². The van der Waals surface area contributed by atoms with Crippen LogP contribution in [0.5, 0.6) is 0 Å². The van der Waals surface area contributed by atoms with Gasteiger partial charge < -0.3 is 4.90 Å². The van der Waals surface area contributed by atoms with Crippen molar-refractivity contribution < 1.29 is 0 Å². The van der Waals surface area contributed by atoms with E-state index in [1.807, 2.05) is 37.3 Å². The molecular weight excluding hydrogens is 298 g/mol. The van der Waals surface area contributed by atoms with E-state index in [9.17, 15) is 0 Å². The molecule has 2 heterocycles. The number of anilines is 1. The summed E-state index contributed by atoms with van der Waals surface area (Å²) in [4.78, 5) is 2.16. The Hall–Kier alpha value is -2.32. The van der Waals surface area contributed by atoms with Crippen LogP contribution in [0.1, 0.15) is 19.4 Å². The van der Waals surface area contributed by atoms with Crippen molar-refractivity contribution in [3.8, 4) is 0 Å². The van der Waals surface area contributed by atoms with Crippen molar-refractivity contribution in [3.63, 3.8) is 0 Å². The van der Waals surface area contributed by atoms with E-state index in [1.165, 1.54) is 31.4 Å². The number of allylic oxidation sites excluding steroid dienone is 4. The van der Waals surface area contributed by atoms with Crippen LogP contribution in [0.25, 0.3) is 25.7 Å². The molecule has 0 unspecified atom stereocenters. The monoisotopic (exact) mass is 319 g/mol. The zero-order chi connectivity index (χ0) is 16.4. The second kappa shape index (κ2) is 6.43. The molecule has 2 aromatic carbocycles. The Labute approximate surface area is 141 Å². The Morgan fingerprint density at radius 1 is 0.957 bits per heavy atom. The lowest BCUT2D eigenvalue weighted by Crippen LogP contribution is -2.10. The lowest BCUT2D eigenvalue weighted by atomic mass is 10.0. The number of fused-ring (bicyclic) bond motifs is 4. The first-order valence-electron chi connectivity index (χ1n) is 7.96. The SMILES string of the molecule is C=C1/C=C\C=C/N(C)c2cc3c(cc21)sc1ccccc13.CC. The third kappa shape index (κ3) is 2.71. The van der Waals surface area contributed by atoms with E-state index < -0.39 is 0 Å². The average molecular weight is 319 g/mol. The van der Waals surface area contributed by atoms with Crippen LogP contribution in [-0.2, 0) is 0 Å². The Morgan fingerprint density at radius 2 is 1.74 bits per heavy atom. The normalized spacial score (nSPS) is 16.3. The third-order valence-electron chi connectivity index (χ3n) is 3.94. The van der Waals surface area contributed by atoms with Crippen molar-refractivity contribution in [1.29, 1.82) is 0 Å². The molecule has 1 aliphatic rings. The summed E-state index contributed by atoms with van der Waals surface area (Å²) in [5.41, 5.74) is 3.47. The number of thiophene rings is 1. The van der Waals surface area contributed by atoms with Crippen molar-refractivity contribution in [2.45, 2.75) is 13.8 Å². The third-order valence-corrected chi connectivity index (χ3v) is 5.07. The van der Waals surface area contributed by atoms with Gasteiger partial charge in [0.15, 0.2) is 0 Å². The van der Waals surface area contributed by atoms with E-state index in [2.05, 4.69) is 67.2 Å². The van der Waals surface area contributed by atoms with Gasteiger partial charge in [-0.15, -0.1) is 11.3 Å². The molecule has 116 valence electrons. The van der Waals surface area contributed by atoms with Gasteiger partial charge in [0.25, 0.3) is 0 Å². The minimum atomic E-state index is 1.06. The molecule has 1 aromatic heterocycles. The van der Waals surface area contributed by atoms with Crippen molar-refractivity contribution in [2.24, 2.45) is 0 Å². The van der Waals surface area contributed by atoms with Crippen molar-refractivity contribution in [1.82, 2.24) is 0 Å². The predicted octanol–water partition coefficient (Wildman–Crippen LogP) is 6.61. The lowest BCUT2D eigenvalue weighted by molar-refractivity contribution is 1.20. The molecule has 0 fully saturated rings. The van der Waals surface area contributed by atoms with Crippen LogP contribution in [0.15, 0.2) is 67.4 Å². The van der Waals surface area contributed by atoms with Crippen LogP contribution in [0.4, 0.5) is 5.69 Å². The highest BCUT2D eigenvalue weighted by Crippen LogP contribution is 2.40. The second-order valence-corrected chi connectivity index (χ2v) is 6.38. The van der Waals surface area contributed by atoms with Crippen LogP contribution < -0.4 is 4.90 Å². The molecule has 0 bridgehead atoms. The zero-order valence-electron chi connectivity index (χ0n) is 13.8. The van der Waals surface area contributed by atoms with Gasteiger partial charge in [-0.25, -0.2) is 0 Å². The van der Waals surface area contributed by atoms with Gasteiger partial charge in [-0.05, 0) is 29.8 Å². The molecule has 0 amide bonds. The molecule has 2 heteroatoms. The van der Waals surface area contributed by atoms with E-state index in [4.69, 9.17) is 0 Å². The Balaban J connectivity index is 0.000000753. The zero-order valence-corrected chi connectivity index (χ0v) is 14.7. The Kier molecular flexibility index (Phi) is 4.35. The summed E-state index contributed by atoms with van der Waals surface area (Å²) in [5, 5.41) is 2.66. The quantitative estimate of drug-likeness (QED) is 0.450. The molecular formula is C21H21NS. The maximum absolute atomic E-state index is 4.21. The minimum absolute atomic E-state index is 1.06. The van der Waals surface area contributed by atoms with Gasteiger partial charge >= 0.3 is 0 Å². The van der Waals surface area contributed by atoms with E-state index in [1.54, 1.807) is 0 Å². The topological polar surface area (TPSA) is 3.24 Å². The molecule has 0 N–H and O–H groups in total. The van der Waals surface area contributed by atoms with Crippen LogP contribution >= 0.6 is 11.3 Å². The summed E-state index contributed by atoms with van der Waals surface area (Å²) >= 11 is 1.85. The number of benzene rings is 2. The molecule has 23 heavy (non-hydrogen) atoms. The maximum atomic E-state index is 4.21. The fraction of sp³-hybridized carbons (Fsp3) is 0.143. The molecule has 0 atom stereocenters. The number of rotatable bonds is 0. The Morgan fingerprint density at radius 3 is 2.57 bits per heavy atom. The van der Waals surface area contributed by atoms with Crippen LogP contribution in [0.2, 0.25) is 0 Å². The van der Waals surface area contributed by atoms with Gasteiger partial charge in [-0.2, -0.15) is 0 Å². The van der Waals surface area contributed by atoms with Gasteiger partial charge in [0, 0.05) is 44.7 Å². The molecule has 0 saturated heterocycles. The van der Waals surface area contributed by atoms with E-state index in [0.717, 1.165) is 5.57 Å². The molecule has 0 aliphatic carbocycles. The molecule has 1 nitrogen and oxygen atoms in total. The number of hydrogen-bond acceptors (Lipinski definition) is 2. The van der Waals surface area contributed by atoms with Crippen LogP contribution in [0.3, 0.4) is 0 Å². The van der Waals surface area contributed by atoms with Crippen molar-refractivity contribution >= 4 is 42.8 Å². The Bertz CT molecular complexity index is 928. The van der Waals surface area contributed by atoms with Gasteiger partial charge in [-0.1, -0.05) is 50.8 Å². The first-order chi connectivity index (χ1) is 11.2. The molecule has 0 saturated carbocycles. The summed E-state index contributed by atoms with van der Waals surface area (Å²) in [6.07, 6.45) is 8.24. The second-order valence-electron chi connectivity index (χ2n) is 5.30. The standard InChI is InChI=1S/C19H15NS.C2H6/c1-13-7-5-6-10-20(2)17-11-16-14-8-3-4-9-18(14)21-19(16)12-15(13)17;1-2/h3-12H,1H2,2H3;1-2H3/b7-5-,10-6-;. The fourth-order valence-corrected chi connectivity index (χ4v) is 3.96. The van der Waals surface area contributed by atoms with Gasteiger partial charge in [0.05, 0.1) is 0 Å². The average Bonchev–Trinajstić information content (AvgIpc) is 2.95. The number of hydrogen-bond donors (Lipinski definition) is 0. The number of nitrogens with zero attached hydrogens (tertiary/aromatic N) is 1. The summed E-state index contributed by atoms with van der Waals surface area (Å²) < 4.78 is 2.66. The van der Waals surface area contributed by atoms with Crippen molar-refractivity contribution in [2.75, 3.05) is 11.9 Å². The lowest BCUT2D eigenvalue weighted by Gasteiger charge is -2.20. The summed E-state index contributed by atoms with van der Waals surface area (Å²) in [6, 6.07) is 13.2. The minimum Gasteiger partial charge on any atom is -0.351 e. The van der Waals surface area contributed by atoms with E-state index in [-0.39, 0.29) is 0 Å². The maximum Gasteiger partial charge on any atom is 0.0490 e. The first kappa shape index (κ1) is 15.6. The van der Waals surface area contributed by atoms with Crippen molar-refractivity contribution in [3.05, 3.63) is 73.0 Å². The smallest absolute Gasteiger partial charge is 0.0490 e. The van der Waals surface area contributed by atoms with Gasteiger partial charge in [0.2, 0.25) is 0 Å². The van der Waals surface area contributed by atoms with E-state index >= 15 is 0 Å². The molecule has 1 aliphatic heterocycles. The largest absolute Gasteiger partial charge is 0.351 e. The fourth-order valence-electron chi connectivity index (χ4n) is 2.83. The van der Waals surface area contributed by atoms with Gasteiger partial charge in [-0.3, -0.25) is 0 Å². The summed E-state index contributed by atoms with van der Waals surface area (Å²) in [5.74, 6) is 0. The first-order valence-corrected chi connectivity index (χ1v) is 8.78. The predicted molar refractivity (Wildman–Crippen MR) is 106 cm³/mol. The highest BCUT2D eigenvalue weighted by molar-refractivity contribution is 7.25. The summed E-state index contributed by atoms with van der Waals surface area (Å²) in [7, 11) is 2.09. The highest BCUT2D eigenvalue weighted by Gasteiger charge is 2.13. The van der Waals surface area contributed by atoms with E-state index in [0.29, 0.717) is 0 Å².